The van der Waals surface area contributed by atoms with E-state index in [1.54, 1.807) is 12.1 Å². The number of carbonyl (C=O) groups is 1. The number of nitrogens with zero attached hydrogens (tertiary/aromatic N) is 1. The van der Waals surface area contributed by atoms with Crippen molar-refractivity contribution in [3.8, 4) is 11.1 Å². The quantitative estimate of drug-likeness (QED) is 0.683. The van der Waals surface area contributed by atoms with Gasteiger partial charge in [0.05, 0.1) is 4.92 Å². The zero-order valence-corrected chi connectivity index (χ0v) is 13.1. The van der Waals surface area contributed by atoms with Gasteiger partial charge in [-0.3, -0.25) is 14.9 Å². The summed E-state index contributed by atoms with van der Waals surface area (Å²) in [5.41, 5.74) is 5.67. The van der Waals surface area contributed by atoms with E-state index in [9.17, 15) is 14.9 Å². The molecule has 0 aliphatic rings. The number of anilines is 1. The van der Waals surface area contributed by atoms with Crippen LogP contribution in [0.5, 0.6) is 0 Å². The number of hydrogen-bond acceptors (Lipinski definition) is 3. The fourth-order valence-electron chi connectivity index (χ4n) is 2.48. The van der Waals surface area contributed by atoms with Crippen molar-refractivity contribution >= 4 is 17.3 Å². The Kier molecular flexibility index (Phi) is 4.26. The van der Waals surface area contributed by atoms with E-state index in [1.165, 1.54) is 13.0 Å². The highest BCUT2D eigenvalue weighted by atomic mass is 16.6. The average molecular weight is 298 g/mol. The lowest BCUT2D eigenvalue weighted by atomic mass is 9.93. The Hall–Kier alpha value is -2.69. The number of rotatable bonds is 3. The minimum atomic E-state index is -0.400. The number of aryl methyl sites for hydroxylation is 2. The Morgan fingerprint density at radius 2 is 1.73 bits per heavy atom. The van der Waals surface area contributed by atoms with E-state index >= 15 is 0 Å². The van der Waals surface area contributed by atoms with Crippen molar-refractivity contribution in [3.63, 3.8) is 0 Å². The second-order valence-corrected chi connectivity index (χ2v) is 5.40. The van der Waals surface area contributed by atoms with Crippen molar-refractivity contribution in [1.82, 2.24) is 0 Å². The molecule has 2 aromatic carbocycles. The number of benzene rings is 2. The predicted molar refractivity (Wildman–Crippen MR) is 87.0 cm³/mol. The highest BCUT2D eigenvalue weighted by Crippen LogP contribution is 2.33. The molecule has 2 aromatic rings. The highest BCUT2D eigenvalue weighted by Gasteiger charge is 2.13. The molecule has 0 aliphatic heterocycles. The van der Waals surface area contributed by atoms with Crippen molar-refractivity contribution in [2.24, 2.45) is 0 Å². The van der Waals surface area contributed by atoms with Crippen molar-refractivity contribution in [3.05, 3.63) is 57.1 Å². The summed E-state index contributed by atoms with van der Waals surface area (Å²) < 4.78 is 0. The summed E-state index contributed by atoms with van der Waals surface area (Å²) in [6, 6.07) is 8.64. The first-order chi connectivity index (χ1) is 10.3. The van der Waals surface area contributed by atoms with Crippen molar-refractivity contribution < 1.29 is 9.72 Å². The topological polar surface area (TPSA) is 72.2 Å². The van der Waals surface area contributed by atoms with Gasteiger partial charge in [0.25, 0.3) is 5.69 Å². The normalized spacial score (nSPS) is 10.4. The van der Waals surface area contributed by atoms with Crippen LogP contribution in [0.2, 0.25) is 0 Å². The van der Waals surface area contributed by atoms with Gasteiger partial charge in [-0.2, -0.15) is 0 Å². The van der Waals surface area contributed by atoms with E-state index in [0.29, 0.717) is 0 Å². The summed E-state index contributed by atoms with van der Waals surface area (Å²) in [4.78, 5) is 21.7. The van der Waals surface area contributed by atoms with Gasteiger partial charge in [-0.1, -0.05) is 0 Å². The summed E-state index contributed by atoms with van der Waals surface area (Å²) in [5, 5.41) is 13.6. The van der Waals surface area contributed by atoms with Crippen LogP contribution in [-0.4, -0.2) is 10.8 Å². The third-order valence-electron chi connectivity index (χ3n) is 3.70. The molecule has 0 saturated carbocycles. The molecule has 5 heteroatoms. The van der Waals surface area contributed by atoms with E-state index in [2.05, 4.69) is 5.32 Å². The summed E-state index contributed by atoms with van der Waals surface area (Å²) in [7, 11) is 0. The molecule has 0 bridgehead atoms. The van der Waals surface area contributed by atoms with E-state index in [4.69, 9.17) is 0 Å². The van der Waals surface area contributed by atoms with Gasteiger partial charge < -0.3 is 5.32 Å². The van der Waals surface area contributed by atoms with Crippen LogP contribution < -0.4 is 5.32 Å². The minimum Gasteiger partial charge on any atom is -0.326 e. The van der Waals surface area contributed by atoms with Crippen LogP contribution in [0.3, 0.4) is 0 Å². The lowest BCUT2D eigenvalue weighted by molar-refractivity contribution is -0.384. The molecule has 0 atom stereocenters. The van der Waals surface area contributed by atoms with E-state index in [0.717, 1.165) is 33.5 Å². The van der Waals surface area contributed by atoms with Crippen LogP contribution in [0.1, 0.15) is 23.6 Å². The molecular formula is C17H18N2O3. The average Bonchev–Trinajstić information content (AvgIpc) is 2.42. The zero-order valence-electron chi connectivity index (χ0n) is 13.1. The maximum Gasteiger partial charge on any atom is 0.269 e. The molecule has 0 unspecified atom stereocenters. The Bertz CT molecular complexity index is 767. The van der Waals surface area contributed by atoms with E-state index in [-0.39, 0.29) is 11.6 Å². The van der Waals surface area contributed by atoms with Crippen molar-refractivity contribution in [2.45, 2.75) is 27.7 Å². The van der Waals surface area contributed by atoms with E-state index in [1.807, 2.05) is 32.9 Å². The second-order valence-electron chi connectivity index (χ2n) is 5.40. The number of amides is 1. The van der Waals surface area contributed by atoms with Gasteiger partial charge in [0.15, 0.2) is 0 Å². The molecule has 0 fully saturated rings. The third-order valence-corrected chi connectivity index (χ3v) is 3.70. The number of nitro benzene ring substituents is 1. The molecule has 114 valence electrons. The zero-order chi connectivity index (χ0) is 16.4. The van der Waals surface area contributed by atoms with Gasteiger partial charge in [0.2, 0.25) is 5.91 Å². The highest BCUT2D eigenvalue weighted by molar-refractivity contribution is 5.90. The number of carbonyl (C=O) groups excluding carboxylic acids is 1. The molecule has 0 aliphatic carbocycles. The number of non-ortho nitro benzene ring substituents is 1. The third kappa shape index (κ3) is 3.14. The Morgan fingerprint density at radius 1 is 1.05 bits per heavy atom. The smallest absolute Gasteiger partial charge is 0.269 e. The largest absolute Gasteiger partial charge is 0.326 e. The first-order valence-electron chi connectivity index (χ1n) is 6.94. The van der Waals surface area contributed by atoms with Gasteiger partial charge in [-0.15, -0.1) is 0 Å². The fourth-order valence-corrected chi connectivity index (χ4v) is 2.48. The molecular weight excluding hydrogens is 280 g/mol. The lowest BCUT2D eigenvalue weighted by Crippen LogP contribution is -2.06. The molecule has 1 amide bonds. The van der Waals surface area contributed by atoms with Crippen LogP contribution in [0.25, 0.3) is 11.1 Å². The number of nitrogens with one attached hydrogen (secondary N) is 1. The first-order valence-corrected chi connectivity index (χ1v) is 6.94. The van der Waals surface area contributed by atoms with Crippen LogP contribution >= 0.6 is 0 Å². The maximum absolute atomic E-state index is 11.3. The Balaban J connectivity index is 2.58. The maximum atomic E-state index is 11.3. The summed E-state index contributed by atoms with van der Waals surface area (Å²) in [6.07, 6.45) is 0. The summed E-state index contributed by atoms with van der Waals surface area (Å²) in [6.45, 7) is 7.29. The number of hydrogen-bond donors (Lipinski definition) is 1. The summed E-state index contributed by atoms with van der Waals surface area (Å²) >= 11 is 0. The lowest BCUT2D eigenvalue weighted by Gasteiger charge is -2.14. The molecule has 2 rings (SSSR count). The SMILES string of the molecule is CC(=O)Nc1cc(C)c(C)c(-c2ccc([N+](=O)[O-])cc2C)c1. The monoisotopic (exact) mass is 298 g/mol. The molecule has 0 saturated heterocycles. The van der Waals surface area contributed by atoms with Crippen LogP contribution in [0.4, 0.5) is 11.4 Å². The second kappa shape index (κ2) is 5.97. The molecule has 0 aromatic heterocycles. The van der Waals surface area contributed by atoms with E-state index < -0.39 is 4.92 Å². The van der Waals surface area contributed by atoms with Crippen molar-refractivity contribution in [2.75, 3.05) is 5.32 Å². The predicted octanol–water partition coefficient (Wildman–Crippen LogP) is 4.15. The molecule has 0 heterocycles. The van der Waals surface area contributed by atoms with Crippen LogP contribution in [0, 0.1) is 30.9 Å². The molecule has 5 nitrogen and oxygen atoms in total. The van der Waals surface area contributed by atoms with Gasteiger partial charge >= 0.3 is 0 Å². The molecule has 0 radical (unpaired) electrons. The van der Waals surface area contributed by atoms with Gasteiger partial charge in [-0.05, 0) is 66.8 Å². The van der Waals surface area contributed by atoms with Crippen molar-refractivity contribution in [1.29, 1.82) is 0 Å². The van der Waals surface area contributed by atoms with Crippen LogP contribution in [0.15, 0.2) is 30.3 Å². The number of nitro groups is 1. The molecule has 0 spiro atoms. The van der Waals surface area contributed by atoms with Gasteiger partial charge in [-0.25, -0.2) is 0 Å². The fraction of sp³-hybridized carbons (Fsp3) is 0.235. The Morgan fingerprint density at radius 3 is 2.27 bits per heavy atom. The van der Waals surface area contributed by atoms with Gasteiger partial charge in [0, 0.05) is 24.7 Å². The minimum absolute atomic E-state index is 0.0774. The Labute approximate surface area is 129 Å². The molecule has 22 heavy (non-hydrogen) atoms. The first kappa shape index (κ1) is 15.7. The van der Waals surface area contributed by atoms with Gasteiger partial charge in [0.1, 0.15) is 0 Å². The standard InChI is InChI=1S/C17H18N2O3/c1-10-7-14(18-13(4)20)9-17(12(10)3)16-6-5-15(19(21)22)8-11(16)2/h5-9H,1-4H3,(H,18,20). The molecule has 1 N–H and O–H groups in total. The van der Waals surface area contributed by atoms with Crippen LogP contribution in [-0.2, 0) is 4.79 Å². The summed E-state index contributed by atoms with van der Waals surface area (Å²) in [5.74, 6) is -0.130.